The van der Waals surface area contributed by atoms with Crippen LogP contribution in [0.25, 0.3) is 11.5 Å². The van der Waals surface area contributed by atoms with Gasteiger partial charge in [-0.15, -0.1) is 0 Å². The first-order chi connectivity index (χ1) is 12.1. The summed E-state index contributed by atoms with van der Waals surface area (Å²) >= 11 is 0. The summed E-state index contributed by atoms with van der Waals surface area (Å²) in [7, 11) is 2.18. The van der Waals surface area contributed by atoms with Gasteiger partial charge in [0.25, 0.3) is 5.89 Å². The second-order valence-electron chi connectivity index (χ2n) is 7.57. The van der Waals surface area contributed by atoms with Crippen LogP contribution in [0.5, 0.6) is 0 Å². The number of likely N-dealkylation sites (N-methyl/N-ethyl adjacent to an activating group) is 1. The third kappa shape index (κ3) is 3.61. The van der Waals surface area contributed by atoms with Gasteiger partial charge in [-0.05, 0) is 37.6 Å². The molecule has 0 atom stereocenters. The summed E-state index contributed by atoms with van der Waals surface area (Å²) in [5.41, 5.74) is 8.30. The quantitative estimate of drug-likeness (QED) is 0.919. The molecule has 1 aromatic heterocycles. The predicted molar refractivity (Wildman–Crippen MR) is 96.8 cm³/mol. The SMILES string of the molecule is CN1CCN(Cc2cccc(-c3nc(C4(N)CCCC4)no3)c2)CC1. The Balaban J connectivity index is 1.49. The van der Waals surface area contributed by atoms with Gasteiger partial charge >= 0.3 is 0 Å². The maximum atomic E-state index is 6.44. The number of hydrogen-bond donors (Lipinski definition) is 1. The molecule has 0 spiro atoms. The predicted octanol–water partition coefficient (Wildman–Crippen LogP) is 2.21. The van der Waals surface area contributed by atoms with E-state index in [0.717, 1.165) is 64.0 Å². The molecule has 1 saturated heterocycles. The van der Waals surface area contributed by atoms with Gasteiger partial charge in [0.2, 0.25) is 0 Å². The van der Waals surface area contributed by atoms with Crippen molar-refractivity contribution in [1.82, 2.24) is 19.9 Å². The fourth-order valence-electron chi connectivity index (χ4n) is 3.84. The van der Waals surface area contributed by atoms with Crippen LogP contribution in [-0.4, -0.2) is 53.2 Å². The summed E-state index contributed by atoms with van der Waals surface area (Å²) < 4.78 is 5.53. The van der Waals surface area contributed by atoms with Gasteiger partial charge in [-0.3, -0.25) is 4.90 Å². The highest BCUT2D eigenvalue weighted by Crippen LogP contribution is 2.35. The largest absolute Gasteiger partial charge is 0.334 e. The summed E-state index contributed by atoms with van der Waals surface area (Å²) in [5, 5.41) is 4.17. The Morgan fingerprint density at radius 2 is 1.92 bits per heavy atom. The van der Waals surface area contributed by atoms with Crippen molar-refractivity contribution in [3.05, 3.63) is 35.7 Å². The van der Waals surface area contributed by atoms with Crippen LogP contribution in [0.2, 0.25) is 0 Å². The smallest absolute Gasteiger partial charge is 0.258 e. The van der Waals surface area contributed by atoms with E-state index in [1.807, 2.05) is 6.07 Å². The van der Waals surface area contributed by atoms with Gasteiger partial charge < -0.3 is 15.2 Å². The maximum absolute atomic E-state index is 6.44. The lowest BCUT2D eigenvalue weighted by Crippen LogP contribution is -2.43. The molecule has 1 saturated carbocycles. The summed E-state index contributed by atoms with van der Waals surface area (Å²) in [6, 6.07) is 8.43. The molecule has 2 N–H and O–H groups in total. The van der Waals surface area contributed by atoms with Gasteiger partial charge in [-0.2, -0.15) is 4.98 Å². The van der Waals surface area contributed by atoms with E-state index in [-0.39, 0.29) is 0 Å². The summed E-state index contributed by atoms with van der Waals surface area (Å²) in [5.74, 6) is 1.23. The molecule has 0 unspecified atom stereocenters. The third-order valence-corrected chi connectivity index (χ3v) is 5.54. The normalized spacial score (nSPS) is 21.7. The molecule has 1 aliphatic heterocycles. The lowest BCUT2D eigenvalue weighted by atomic mass is 9.98. The van der Waals surface area contributed by atoms with E-state index in [0.29, 0.717) is 11.7 Å². The lowest BCUT2D eigenvalue weighted by molar-refractivity contribution is 0.148. The van der Waals surface area contributed by atoms with Gasteiger partial charge in [0.05, 0.1) is 5.54 Å². The molecule has 1 aliphatic carbocycles. The Bertz CT molecular complexity index is 714. The minimum absolute atomic E-state index is 0.404. The first-order valence-corrected chi connectivity index (χ1v) is 9.26. The molecule has 2 fully saturated rings. The Morgan fingerprint density at radius 1 is 1.16 bits per heavy atom. The zero-order valence-electron chi connectivity index (χ0n) is 14.9. The first kappa shape index (κ1) is 16.7. The Hall–Kier alpha value is -1.76. The van der Waals surface area contributed by atoms with Crippen LogP contribution >= 0.6 is 0 Å². The Labute approximate surface area is 149 Å². The lowest BCUT2D eigenvalue weighted by Gasteiger charge is -2.32. The van der Waals surface area contributed by atoms with Crippen molar-refractivity contribution in [1.29, 1.82) is 0 Å². The molecular formula is C19H27N5O. The number of benzene rings is 1. The van der Waals surface area contributed by atoms with Crippen LogP contribution in [0.4, 0.5) is 0 Å². The Morgan fingerprint density at radius 3 is 2.68 bits per heavy atom. The molecule has 2 aliphatic rings. The van der Waals surface area contributed by atoms with Crippen LogP contribution in [0.3, 0.4) is 0 Å². The molecule has 2 aromatic rings. The molecule has 25 heavy (non-hydrogen) atoms. The first-order valence-electron chi connectivity index (χ1n) is 9.26. The van der Waals surface area contributed by atoms with Crippen molar-refractivity contribution in [3.63, 3.8) is 0 Å². The number of rotatable bonds is 4. The van der Waals surface area contributed by atoms with E-state index in [4.69, 9.17) is 10.3 Å². The maximum Gasteiger partial charge on any atom is 0.258 e. The second kappa shape index (κ2) is 6.86. The van der Waals surface area contributed by atoms with Crippen LogP contribution < -0.4 is 5.73 Å². The van der Waals surface area contributed by atoms with E-state index in [2.05, 4.69) is 45.2 Å². The summed E-state index contributed by atoms with van der Waals surface area (Å²) in [6.45, 7) is 5.45. The van der Waals surface area contributed by atoms with Gasteiger partial charge in [-0.25, -0.2) is 0 Å². The monoisotopic (exact) mass is 341 g/mol. The minimum Gasteiger partial charge on any atom is -0.334 e. The molecule has 4 rings (SSSR count). The number of nitrogens with two attached hydrogens (primary N) is 1. The minimum atomic E-state index is -0.404. The zero-order valence-corrected chi connectivity index (χ0v) is 14.9. The van der Waals surface area contributed by atoms with Gasteiger partial charge in [0.1, 0.15) is 0 Å². The average Bonchev–Trinajstić information content (AvgIpc) is 3.27. The van der Waals surface area contributed by atoms with Crippen molar-refractivity contribution in [2.24, 2.45) is 5.73 Å². The van der Waals surface area contributed by atoms with Crippen molar-refractivity contribution in [2.75, 3.05) is 33.2 Å². The van der Waals surface area contributed by atoms with Crippen LogP contribution in [0, 0.1) is 0 Å². The van der Waals surface area contributed by atoms with Gasteiger partial charge in [0.15, 0.2) is 5.82 Å². The number of hydrogen-bond acceptors (Lipinski definition) is 6. The Kier molecular flexibility index (Phi) is 4.58. The molecule has 134 valence electrons. The average molecular weight is 341 g/mol. The van der Waals surface area contributed by atoms with Crippen LogP contribution in [0.15, 0.2) is 28.8 Å². The fraction of sp³-hybridized carbons (Fsp3) is 0.579. The van der Waals surface area contributed by atoms with E-state index >= 15 is 0 Å². The number of piperazine rings is 1. The third-order valence-electron chi connectivity index (χ3n) is 5.54. The van der Waals surface area contributed by atoms with E-state index in [1.165, 1.54) is 5.56 Å². The standard InChI is InChI=1S/C19H27N5O/c1-23-9-11-24(12-10-23)14-15-5-4-6-16(13-15)17-21-18(22-25-17)19(20)7-2-3-8-19/h4-6,13H,2-3,7-12,14,20H2,1H3. The van der Waals surface area contributed by atoms with Crippen molar-refractivity contribution >= 4 is 0 Å². The molecule has 0 bridgehead atoms. The van der Waals surface area contributed by atoms with Gasteiger partial charge in [0, 0.05) is 38.3 Å². The summed E-state index contributed by atoms with van der Waals surface area (Å²) in [6.07, 6.45) is 4.16. The molecule has 0 radical (unpaired) electrons. The van der Waals surface area contributed by atoms with E-state index < -0.39 is 5.54 Å². The van der Waals surface area contributed by atoms with Crippen LogP contribution in [0.1, 0.15) is 37.1 Å². The zero-order chi connectivity index (χ0) is 17.3. The molecule has 0 amide bonds. The molecule has 1 aromatic carbocycles. The van der Waals surface area contributed by atoms with Crippen molar-refractivity contribution in [3.8, 4) is 11.5 Å². The van der Waals surface area contributed by atoms with E-state index in [9.17, 15) is 0 Å². The molecule has 2 heterocycles. The van der Waals surface area contributed by atoms with Crippen molar-refractivity contribution < 1.29 is 4.52 Å². The highest BCUT2D eigenvalue weighted by Gasteiger charge is 2.36. The number of aromatic nitrogens is 2. The summed E-state index contributed by atoms with van der Waals surface area (Å²) in [4.78, 5) is 9.47. The fourth-order valence-corrected chi connectivity index (χ4v) is 3.84. The van der Waals surface area contributed by atoms with Crippen molar-refractivity contribution in [2.45, 2.75) is 37.8 Å². The van der Waals surface area contributed by atoms with Gasteiger partial charge in [-0.1, -0.05) is 30.1 Å². The molecule has 6 nitrogen and oxygen atoms in total. The highest BCUT2D eigenvalue weighted by molar-refractivity contribution is 5.54. The second-order valence-corrected chi connectivity index (χ2v) is 7.57. The highest BCUT2D eigenvalue weighted by atomic mass is 16.5. The van der Waals surface area contributed by atoms with E-state index in [1.54, 1.807) is 0 Å². The molecular weight excluding hydrogens is 314 g/mol. The topological polar surface area (TPSA) is 71.4 Å². The number of nitrogens with zero attached hydrogens (tertiary/aromatic N) is 4. The van der Waals surface area contributed by atoms with Crippen LogP contribution in [-0.2, 0) is 12.1 Å². The molecule has 6 heteroatoms.